The number of rotatable bonds is 2. The summed E-state index contributed by atoms with van der Waals surface area (Å²) >= 11 is 0. The molecule has 0 radical (unpaired) electrons. The van der Waals surface area contributed by atoms with E-state index in [4.69, 9.17) is 16.4 Å². The van der Waals surface area contributed by atoms with Gasteiger partial charge < -0.3 is 4.89 Å². The second kappa shape index (κ2) is 3.12. The Labute approximate surface area is 41.2 Å². The lowest BCUT2D eigenvalue weighted by molar-refractivity contribution is 0.202. The molecule has 5 N–H and O–H groups in total. The van der Waals surface area contributed by atoms with Crippen molar-refractivity contribution in [2.45, 2.75) is 6.35 Å². The zero-order chi connectivity index (χ0) is 5.86. The van der Waals surface area contributed by atoms with Gasteiger partial charge in [0.15, 0.2) is 6.35 Å². The van der Waals surface area contributed by atoms with Crippen molar-refractivity contribution in [2.75, 3.05) is 0 Å². The fourth-order valence-corrected chi connectivity index (χ4v) is 0.349. The van der Waals surface area contributed by atoms with Crippen molar-refractivity contribution in [1.29, 1.82) is 0 Å². The van der Waals surface area contributed by atoms with Crippen molar-refractivity contribution in [3.8, 4) is 0 Å². The van der Waals surface area contributed by atoms with Crippen LogP contribution in [0.25, 0.3) is 0 Å². The van der Waals surface area contributed by atoms with Crippen molar-refractivity contribution in [3.05, 3.63) is 0 Å². The van der Waals surface area contributed by atoms with Gasteiger partial charge in [-0.3, -0.25) is 20.6 Å². The van der Waals surface area contributed by atoms with Gasteiger partial charge in [-0.15, -0.1) is 0 Å². The van der Waals surface area contributed by atoms with Crippen LogP contribution in [0.1, 0.15) is 0 Å². The summed E-state index contributed by atoms with van der Waals surface area (Å²) < 4.78 is 13.5. The molecule has 5 nitrogen and oxygen atoms in total. The molecule has 1 unspecified atom stereocenters. The summed E-state index contributed by atoms with van der Waals surface area (Å²) in [5.74, 6) is 0. The molecule has 1 atom stereocenters. The minimum absolute atomic E-state index is 1.14. The number of hydrogen-bond donors (Lipinski definition) is 3. The van der Waals surface area contributed by atoms with E-state index in [1.165, 1.54) is 0 Å². The van der Waals surface area contributed by atoms with E-state index in [2.05, 4.69) is 4.52 Å². The maximum absolute atomic E-state index is 9.61. The van der Waals surface area contributed by atoms with Crippen LogP contribution in [-0.2, 0) is 9.09 Å². The minimum Gasteiger partial charge on any atom is -0.326 e. The first-order valence-corrected chi connectivity index (χ1v) is 2.80. The first kappa shape index (κ1) is 7.07. The molecule has 0 fully saturated rings. The monoisotopic (exact) mass is 126 g/mol. The molecule has 0 spiro atoms. The SMILES string of the molecule is NC(N)O[PH](=O)O. The molecular formula is CH7N2O3P. The molecule has 0 aliphatic carbocycles. The molecular weight excluding hydrogens is 119 g/mol. The molecule has 0 saturated heterocycles. The summed E-state index contributed by atoms with van der Waals surface area (Å²) in [4.78, 5) is 7.89. The highest BCUT2D eigenvalue weighted by Gasteiger charge is 1.94. The standard InChI is InChI=1S/CH7N2O3P/c2-1(3)6-7(4)5/h1,7H,2-3H2,(H,4,5). The Bertz CT molecular complexity index is 73.3. The Morgan fingerprint density at radius 1 is 1.71 bits per heavy atom. The van der Waals surface area contributed by atoms with E-state index in [-0.39, 0.29) is 0 Å². The Kier molecular flexibility index (Phi) is 3.15. The molecule has 0 bridgehead atoms. The maximum Gasteiger partial charge on any atom is 0.319 e. The summed E-state index contributed by atoms with van der Waals surface area (Å²) in [6.45, 7) is 0. The lowest BCUT2D eigenvalue weighted by Crippen LogP contribution is -2.30. The molecule has 0 aliphatic heterocycles. The molecule has 0 aromatic heterocycles. The summed E-state index contributed by atoms with van der Waals surface area (Å²) in [7, 11) is -2.93. The first-order chi connectivity index (χ1) is 3.13. The molecule has 6 heteroatoms. The van der Waals surface area contributed by atoms with Crippen LogP contribution in [-0.4, -0.2) is 11.2 Å². The van der Waals surface area contributed by atoms with Crippen molar-refractivity contribution < 1.29 is 14.0 Å². The van der Waals surface area contributed by atoms with E-state index >= 15 is 0 Å². The Morgan fingerprint density at radius 3 is 2.14 bits per heavy atom. The highest BCUT2D eigenvalue weighted by atomic mass is 31.1. The van der Waals surface area contributed by atoms with Gasteiger partial charge in [0.2, 0.25) is 0 Å². The molecule has 7 heavy (non-hydrogen) atoms. The molecule has 0 rings (SSSR count). The maximum atomic E-state index is 9.61. The van der Waals surface area contributed by atoms with Gasteiger partial charge in [0.25, 0.3) is 0 Å². The highest BCUT2D eigenvalue weighted by molar-refractivity contribution is 7.32. The molecule has 0 amide bonds. The van der Waals surface area contributed by atoms with Gasteiger partial charge in [-0.2, -0.15) is 0 Å². The van der Waals surface area contributed by atoms with Crippen LogP contribution in [0.3, 0.4) is 0 Å². The smallest absolute Gasteiger partial charge is 0.319 e. The van der Waals surface area contributed by atoms with Crippen molar-refractivity contribution in [1.82, 2.24) is 0 Å². The van der Waals surface area contributed by atoms with Crippen LogP contribution < -0.4 is 11.5 Å². The van der Waals surface area contributed by atoms with Gasteiger partial charge in [-0.25, -0.2) is 0 Å². The van der Waals surface area contributed by atoms with Crippen LogP contribution in [0, 0.1) is 0 Å². The topological polar surface area (TPSA) is 98.6 Å². The third-order valence-corrected chi connectivity index (χ3v) is 0.711. The second-order valence-electron chi connectivity index (χ2n) is 0.848. The first-order valence-electron chi connectivity index (χ1n) is 1.53. The second-order valence-corrected chi connectivity index (χ2v) is 1.62. The van der Waals surface area contributed by atoms with Gasteiger partial charge >= 0.3 is 8.25 Å². The molecule has 0 aliphatic rings. The van der Waals surface area contributed by atoms with Crippen molar-refractivity contribution in [3.63, 3.8) is 0 Å². The fourth-order valence-electron chi connectivity index (χ4n) is 0.116. The third kappa shape index (κ3) is 6.07. The van der Waals surface area contributed by atoms with E-state index < -0.39 is 14.6 Å². The largest absolute Gasteiger partial charge is 0.326 e. The van der Waals surface area contributed by atoms with Gasteiger partial charge in [-0.05, 0) is 0 Å². The number of nitrogens with two attached hydrogens (primary N) is 2. The van der Waals surface area contributed by atoms with Gasteiger partial charge in [0.05, 0.1) is 0 Å². The Morgan fingerprint density at radius 2 is 2.14 bits per heavy atom. The quantitative estimate of drug-likeness (QED) is 0.311. The van der Waals surface area contributed by atoms with E-state index in [9.17, 15) is 4.57 Å². The fraction of sp³-hybridized carbons (Fsp3) is 1.00. The van der Waals surface area contributed by atoms with Gasteiger partial charge in [-0.1, -0.05) is 0 Å². The van der Waals surface area contributed by atoms with Crippen molar-refractivity contribution >= 4 is 8.25 Å². The van der Waals surface area contributed by atoms with Crippen LogP contribution in [0.15, 0.2) is 0 Å². The van der Waals surface area contributed by atoms with Gasteiger partial charge in [0.1, 0.15) is 0 Å². The zero-order valence-electron chi connectivity index (χ0n) is 3.50. The summed E-state index contributed by atoms with van der Waals surface area (Å²) in [5.41, 5.74) is 9.43. The predicted molar refractivity (Wildman–Crippen MR) is 24.5 cm³/mol. The highest BCUT2D eigenvalue weighted by Crippen LogP contribution is 2.13. The van der Waals surface area contributed by atoms with Gasteiger partial charge in [0, 0.05) is 0 Å². The Hall–Kier alpha value is 0.0700. The lowest BCUT2D eigenvalue weighted by Gasteiger charge is -1.99. The molecule has 0 heterocycles. The molecule has 44 valence electrons. The van der Waals surface area contributed by atoms with E-state index in [1.807, 2.05) is 0 Å². The molecule has 0 aromatic carbocycles. The van der Waals surface area contributed by atoms with Crippen LogP contribution in [0.2, 0.25) is 0 Å². The number of hydrogen-bond acceptors (Lipinski definition) is 4. The average Bonchev–Trinajstić information content (AvgIpc) is 1.27. The van der Waals surface area contributed by atoms with E-state index in [1.54, 1.807) is 0 Å². The average molecular weight is 126 g/mol. The molecule has 0 aromatic rings. The zero-order valence-corrected chi connectivity index (χ0v) is 4.50. The van der Waals surface area contributed by atoms with Crippen LogP contribution in [0.4, 0.5) is 0 Å². The van der Waals surface area contributed by atoms with E-state index in [0.29, 0.717) is 0 Å². The predicted octanol–water partition coefficient (Wildman–Crippen LogP) is -1.41. The van der Waals surface area contributed by atoms with Crippen LogP contribution in [0.5, 0.6) is 0 Å². The Balaban J connectivity index is 3.13. The summed E-state index contributed by atoms with van der Waals surface area (Å²) in [6.07, 6.45) is -1.14. The molecule has 0 saturated carbocycles. The minimum atomic E-state index is -2.93. The lowest BCUT2D eigenvalue weighted by atomic mass is 11.1. The van der Waals surface area contributed by atoms with Crippen LogP contribution >= 0.6 is 8.25 Å². The normalized spacial score (nSPS) is 14.9. The third-order valence-electron chi connectivity index (χ3n) is 0.237. The van der Waals surface area contributed by atoms with Crippen molar-refractivity contribution in [2.24, 2.45) is 11.5 Å². The van der Waals surface area contributed by atoms with E-state index in [0.717, 1.165) is 0 Å². The summed E-state index contributed by atoms with van der Waals surface area (Å²) in [6, 6.07) is 0. The summed E-state index contributed by atoms with van der Waals surface area (Å²) in [5, 5.41) is 0.